The number of hydrogen-bond acceptors (Lipinski definition) is 6. The Morgan fingerprint density at radius 1 is 1.28 bits per heavy atom. The summed E-state index contributed by atoms with van der Waals surface area (Å²) in [4.78, 5) is 20.5. The quantitative estimate of drug-likeness (QED) is 0.489. The van der Waals surface area contributed by atoms with E-state index < -0.39 is 11.4 Å². The highest BCUT2D eigenvalue weighted by atomic mass is 127. The number of carbonyl (C=O) groups is 1. The van der Waals surface area contributed by atoms with Crippen molar-refractivity contribution in [3.8, 4) is 28.7 Å². The Morgan fingerprint density at radius 2 is 2.03 bits per heavy atom. The molecule has 1 aliphatic rings. The van der Waals surface area contributed by atoms with Gasteiger partial charge in [0.05, 0.1) is 17.1 Å². The number of pyridine rings is 1. The van der Waals surface area contributed by atoms with Gasteiger partial charge in [0.2, 0.25) is 11.7 Å². The van der Waals surface area contributed by atoms with Gasteiger partial charge in [-0.05, 0) is 73.9 Å². The Bertz CT molecular complexity index is 1090. The lowest BCUT2D eigenvalue weighted by atomic mass is 9.92. The van der Waals surface area contributed by atoms with Gasteiger partial charge in [-0.3, -0.25) is 4.79 Å². The number of hydrogen-bond donors (Lipinski definition) is 1. The van der Waals surface area contributed by atoms with Gasteiger partial charge in [0, 0.05) is 21.4 Å². The van der Waals surface area contributed by atoms with Crippen LogP contribution in [-0.2, 0) is 10.2 Å². The average molecular weight is 505 g/mol. The van der Waals surface area contributed by atoms with Crippen molar-refractivity contribution in [2.45, 2.75) is 45.1 Å². The van der Waals surface area contributed by atoms with Gasteiger partial charge in [-0.15, -0.1) is 0 Å². The van der Waals surface area contributed by atoms with Gasteiger partial charge < -0.3 is 14.4 Å². The predicted molar refractivity (Wildman–Crippen MR) is 115 cm³/mol. The zero-order valence-electron chi connectivity index (χ0n) is 16.3. The van der Waals surface area contributed by atoms with Gasteiger partial charge in [-0.2, -0.15) is 4.98 Å². The van der Waals surface area contributed by atoms with Crippen molar-refractivity contribution in [2.24, 2.45) is 0 Å². The van der Waals surface area contributed by atoms with Crippen LogP contribution in [0, 0.1) is 10.5 Å². The maximum Gasteiger partial charge on any atom is 0.314 e. The molecule has 3 aromatic rings. The number of benzene rings is 1. The van der Waals surface area contributed by atoms with E-state index in [-0.39, 0.29) is 6.10 Å². The van der Waals surface area contributed by atoms with E-state index in [1.165, 1.54) is 0 Å². The van der Waals surface area contributed by atoms with E-state index in [2.05, 4.69) is 37.7 Å². The summed E-state index contributed by atoms with van der Waals surface area (Å²) in [7, 11) is 0. The molecule has 1 aromatic carbocycles. The summed E-state index contributed by atoms with van der Waals surface area (Å²) in [6, 6.07) is 7.53. The Morgan fingerprint density at radius 3 is 2.66 bits per heavy atom. The molecule has 0 atom stereocenters. The van der Waals surface area contributed by atoms with Crippen LogP contribution in [0.15, 0.2) is 35.0 Å². The minimum absolute atomic E-state index is 0.0373. The third-order valence-electron chi connectivity index (χ3n) is 4.89. The number of carboxylic acid groups (broad SMARTS) is 1. The van der Waals surface area contributed by atoms with Crippen LogP contribution in [0.5, 0.6) is 5.88 Å². The summed E-state index contributed by atoms with van der Waals surface area (Å²) >= 11 is 2.18. The molecule has 4 rings (SSSR count). The van der Waals surface area contributed by atoms with Crippen LogP contribution in [0.2, 0.25) is 0 Å². The predicted octanol–water partition coefficient (Wildman–Crippen LogP) is 4.62. The first-order valence-corrected chi connectivity index (χ1v) is 10.4. The first-order chi connectivity index (χ1) is 13.8. The van der Waals surface area contributed by atoms with E-state index in [4.69, 9.17) is 9.26 Å². The third kappa shape index (κ3) is 3.85. The highest BCUT2D eigenvalue weighted by Crippen LogP contribution is 2.49. The van der Waals surface area contributed by atoms with Gasteiger partial charge in [-0.25, -0.2) is 4.98 Å². The molecular weight excluding hydrogens is 485 g/mol. The topological polar surface area (TPSA) is 98.3 Å². The van der Waals surface area contributed by atoms with Crippen molar-refractivity contribution >= 4 is 28.6 Å². The molecule has 1 aliphatic carbocycles. The van der Waals surface area contributed by atoms with Crippen molar-refractivity contribution < 1.29 is 19.2 Å². The summed E-state index contributed by atoms with van der Waals surface area (Å²) in [5, 5.41) is 13.7. The smallest absolute Gasteiger partial charge is 0.314 e. The number of halogens is 1. The molecule has 0 bridgehead atoms. The molecule has 2 aromatic heterocycles. The first-order valence-electron chi connectivity index (χ1n) is 9.31. The van der Waals surface area contributed by atoms with Crippen LogP contribution in [0.4, 0.5) is 0 Å². The molecule has 1 N–H and O–H groups in total. The van der Waals surface area contributed by atoms with Crippen LogP contribution in [-0.4, -0.2) is 32.3 Å². The number of rotatable bonds is 6. The fraction of sp³-hybridized carbons (Fsp3) is 0.333. The molecule has 0 spiro atoms. The van der Waals surface area contributed by atoms with Crippen LogP contribution < -0.4 is 4.74 Å². The fourth-order valence-corrected chi connectivity index (χ4v) is 3.90. The molecule has 29 heavy (non-hydrogen) atoms. The standard InChI is InChI=1S/C21H20IN3O4/c1-11(2)28-17-9-16(22)15(10-23-17)19-24-18(25-29-19)13-6-12(3)7-14(8-13)21(4-5-21)20(26)27/h6-11H,4-5H2,1-3H3,(H,26,27). The highest BCUT2D eigenvalue weighted by molar-refractivity contribution is 14.1. The molecule has 1 saturated carbocycles. The lowest BCUT2D eigenvalue weighted by Crippen LogP contribution is -2.19. The number of ether oxygens (including phenoxy) is 1. The molecule has 0 unspecified atom stereocenters. The monoisotopic (exact) mass is 505 g/mol. The van der Waals surface area contributed by atoms with Crippen LogP contribution in [0.25, 0.3) is 22.8 Å². The molecule has 1 fully saturated rings. The Balaban J connectivity index is 1.67. The van der Waals surface area contributed by atoms with Crippen LogP contribution in [0.3, 0.4) is 0 Å². The zero-order chi connectivity index (χ0) is 20.8. The third-order valence-corrected chi connectivity index (χ3v) is 5.78. The van der Waals surface area contributed by atoms with Gasteiger partial charge in [-0.1, -0.05) is 16.8 Å². The SMILES string of the molecule is Cc1cc(-c2noc(-c3cnc(OC(C)C)cc3I)n2)cc(C2(C(=O)O)CC2)c1. The zero-order valence-corrected chi connectivity index (χ0v) is 18.4. The van der Waals surface area contributed by atoms with Crippen molar-refractivity contribution in [3.63, 3.8) is 0 Å². The Kier molecular flexibility index (Phi) is 5.05. The van der Waals surface area contributed by atoms with Gasteiger partial charge in [0.15, 0.2) is 0 Å². The number of aryl methyl sites for hydroxylation is 1. The number of aliphatic carboxylic acids is 1. The average Bonchev–Trinajstić information content (AvgIpc) is 3.33. The minimum atomic E-state index is -0.785. The highest BCUT2D eigenvalue weighted by Gasteiger charge is 2.51. The molecule has 0 radical (unpaired) electrons. The van der Waals surface area contributed by atoms with Gasteiger partial charge >= 0.3 is 5.97 Å². The lowest BCUT2D eigenvalue weighted by Gasteiger charge is -2.12. The number of nitrogens with zero attached hydrogens (tertiary/aromatic N) is 3. The van der Waals surface area contributed by atoms with E-state index in [9.17, 15) is 9.90 Å². The minimum Gasteiger partial charge on any atom is -0.481 e. The van der Waals surface area contributed by atoms with Crippen molar-refractivity contribution in [3.05, 3.63) is 45.2 Å². The Labute approximate surface area is 181 Å². The number of aromatic nitrogens is 3. The van der Waals surface area contributed by atoms with Crippen LogP contribution >= 0.6 is 22.6 Å². The normalized spacial score (nSPS) is 14.8. The van der Waals surface area contributed by atoms with E-state index in [0.717, 1.165) is 25.8 Å². The Hall–Kier alpha value is -2.49. The van der Waals surface area contributed by atoms with Crippen molar-refractivity contribution in [1.82, 2.24) is 15.1 Å². The molecule has 0 amide bonds. The van der Waals surface area contributed by atoms with E-state index in [1.54, 1.807) is 6.20 Å². The summed E-state index contributed by atoms with van der Waals surface area (Å²) in [6.45, 7) is 5.82. The van der Waals surface area contributed by atoms with Crippen molar-refractivity contribution in [2.75, 3.05) is 0 Å². The molecule has 2 heterocycles. The largest absolute Gasteiger partial charge is 0.481 e. The van der Waals surface area contributed by atoms with Gasteiger partial charge in [0.1, 0.15) is 0 Å². The lowest BCUT2D eigenvalue weighted by molar-refractivity contribution is -0.140. The molecule has 0 aliphatic heterocycles. The van der Waals surface area contributed by atoms with Crippen molar-refractivity contribution in [1.29, 1.82) is 0 Å². The molecular formula is C21H20IN3O4. The maximum atomic E-state index is 11.7. The fourth-order valence-electron chi connectivity index (χ4n) is 3.27. The van der Waals surface area contributed by atoms with E-state index in [0.29, 0.717) is 30.4 Å². The second-order valence-electron chi connectivity index (χ2n) is 7.57. The summed E-state index contributed by atoms with van der Waals surface area (Å²) in [6.07, 6.45) is 2.99. The first kappa shape index (κ1) is 19.8. The molecule has 8 heteroatoms. The van der Waals surface area contributed by atoms with Gasteiger partial charge in [0.25, 0.3) is 5.89 Å². The molecule has 0 saturated heterocycles. The van der Waals surface area contributed by atoms with Crippen LogP contribution in [0.1, 0.15) is 37.8 Å². The second-order valence-corrected chi connectivity index (χ2v) is 8.73. The molecule has 7 nitrogen and oxygen atoms in total. The molecule has 150 valence electrons. The second kappa shape index (κ2) is 7.40. The number of carboxylic acids is 1. The van der Waals surface area contributed by atoms with E-state index in [1.807, 2.05) is 45.0 Å². The summed E-state index contributed by atoms with van der Waals surface area (Å²) < 4.78 is 12.0. The summed E-state index contributed by atoms with van der Waals surface area (Å²) in [5.41, 5.74) is 2.43. The van der Waals surface area contributed by atoms with E-state index >= 15 is 0 Å². The summed E-state index contributed by atoms with van der Waals surface area (Å²) in [5.74, 6) is 0.534. The maximum absolute atomic E-state index is 11.7.